The summed E-state index contributed by atoms with van der Waals surface area (Å²) < 4.78 is 11.1. The van der Waals surface area contributed by atoms with Crippen molar-refractivity contribution in [2.45, 2.75) is 64.4 Å². The second-order valence-electron chi connectivity index (χ2n) is 7.16. The van der Waals surface area contributed by atoms with Crippen molar-refractivity contribution < 1.29 is 19.4 Å². The van der Waals surface area contributed by atoms with Crippen LogP contribution in [0.1, 0.15) is 52.7 Å². The van der Waals surface area contributed by atoms with Crippen molar-refractivity contribution in [2.24, 2.45) is 4.99 Å². The summed E-state index contributed by atoms with van der Waals surface area (Å²) in [5, 5.41) is 10.7. The van der Waals surface area contributed by atoms with Gasteiger partial charge in [-0.2, -0.15) is 4.99 Å². The van der Waals surface area contributed by atoms with Gasteiger partial charge in [0.05, 0.1) is 29.8 Å². The maximum absolute atomic E-state index is 12.0. The smallest absolute Gasteiger partial charge is 0.434 e. The zero-order chi connectivity index (χ0) is 18.1. The Morgan fingerprint density at radius 3 is 2.79 bits per heavy atom. The lowest BCUT2D eigenvalue weighted by atomic mass is 9.85. The largest absolute Gasteiger partial charge is 0.442 e. The molecule has 1 aliphatic rings. The molecule has 7 nitrogen and oxygen atoms in total. The highest BCUT2D eigenvalue weighted by Gasteiger charge is 2.43. The summed E-state index contributed by atoms with van der Waals surface area (Å²) in [6.45, 7) is 8.59. The van der Waals surface area contributed by atoms with Crippen LogP contribution in [0.25, 0.3) is 0 Å². The van der Waals surface area contributed by atoms with Gasteiger partial charge < -0.3 is 20.3 Å². The molecule has 132 valence electrons. The molecule has 0 aliphatic carbocycles. The number of aliphatic hydroxyl groups is 1. The standard InChI is InChI=1S/C17H25N3O4/c1-10-17(5,22)14(20-15(21)24-16(2,3)4)8-13(23-10)11-6-7-19-9-12(11)18/h6-7,9-10,13,22H,8,18H2,1-5H3/b20-14+/t10-,13-,17-/m0/s1. The minimum absolute atomic E-state index is 0.241. The Balaban J connectivity index is 2.31. The molecule has 2 heterocycles. The Hall–Kier alpha value is -1.99. The van der Waals surface area contributed by atoms with Gasteiger partial charge in [0, 0.05) is 18.2 Å². The summed E-state index contributed by atoms with van der Waals surface area (Å²) in [6.07, 6.45) is 1.70. The summed E-state index contributed by atoms with van der Waals surface area (Å²) in [6, 6.07) is 1.76. The lowest BCUT2D eigenvalue weighted by molar-refractivity contribution is -0.105. The van der Waals surface area contributed by atoms with E-state index in [0.29, 0.717) is 11.4 Å². The fourth-order valence-electron chi connectivity index (χ4n) is 2.49. The minimum atomic E-state index is -1.37. The third-order valence-corrected chi connectivity index (χ3v) is 3.98. The van der Waals surface area contributed by atoms with Gasteiger partial charge in [0.1, 0.15) is 11.2 Å². The molecule has 1 amide bonds. The van der Waals surface area contributed by atoms with E-state index in [2.05, 4.69) is 9.98 Å². The van der Waals surface area contributed by atoms with Crippen LogP contribution < -0.4 is 5.73 Å². The molecule has 1 aromatic heterocycles. The van der Waals surface area contributed by atoms with Gasteiger partial charge in [-0.05, 0) is 40.7 Å². The molecule has 0 saturated carbocycles. The summed E-state index contributed by atoms with van der Waals surface area (Å²) in [5.41, 5.74) is 5.50. The van der Waals surface area contributed by atoms with Gasteiger partial charge in [-0.25, -0.2) is 4.79 Å². The zero-order valence-corrected chi connectivity index (χ0v) is 14.7. The number of aliphatic imine (C=N–C) groups is 1. The third-order valence-electron chi connectivity index (χ3n) is 3.98. The summed E-state index contributed by atoms with van der Waals surface area (Å²) in [4.78, 5) is 20.0. The number of ether oxygens (including phenoxy) is 2. The number of nitrogens with two attached hydrogens (primary N) is 1. The lowest BCUT2D eigenvalue weighted by Crippen LogP contribution is -2.52. The predicted molar refractivity (Wildman–Crippen MR) is 90.8 cm³/mol. The van der Waals surface area contributed by atoms with E-state index in [9.17, 15) is 9.90 Å². The van der Waals surface area contributed by atoms with Crippen molar-refractivity contribution in [3.8, 4) is 0 Å². The fourth-order valence-corrected chi connectivity index (χ4v) is 2.49. The van der Waals surface area contributed by atoms with Crippen molar-refractivity contribution in [3.63, 3.8) is 0 Å². The maximum Gasteiger partial charge on any atom is 0.434 e. The number of anilines is 1. The molecule has 3 N–H and O–H groups in total. The molecule has 1 aromatic rings. The van der Waals surface area contributed by atoms with Crippen LogP contribution in [0.15, 0.2) is 23.5 Å². The van der Waals surface area contributed by atoms with Crippen LogP contribution in [0, 0.1) is 0 Å². The topological polar surface area (TPSA) is 107 Å². The Kier molecular flexibility index (Phi) is 4.96. The predicted octanol–water partition coefficient (Wildman–Crippen LogP) is 2.64. The van der Waals surface area contributed by atoms with Gasteiger partial charge in [-0.15, -0.1) is 0 Å². The SMILES string of the molecule is C[C@@H]1O[C@H](c2ccncc2N)C/C(=N\C(=O)OC(C)(C)C)[C@@]1(C)O. The number of rotatable bonds is 1. The van der Waals surface area contributed by atoms with Crippen LogP contribution in [0.2, 0.25) is 0 Å². The number of pyridine rings is 1. The second-order valence-corrected chi connectivity index (χ2v) is 7.16. The molecule has 1 fully saturated rings. The Labute approximate surface area is 141 Å². The molecule has 0 radical (unpaired) electrons. The first-order chi connectivity index (χ1) is 11.0. The monoisotopic (exact) mass is 335 g/mol. The number of nitrogen functional groups attached to an aromatic ring is 1. The first-order valence-corrected chi connectivity index (χ1v) is 7.89. The minimum Gasteiger partial charge on any atom is -0.442 e. The van der Waals surface area contributed by atoms with Crippen LogP contribution in [-0.2, 0) is 9.47 Å². The molecule has 1 saturated heterocycles. The molecule has 24 heavy (non-hydrogen) atoms. The number of carbonyl (C=O) groups excluding carboxylic acids is 1. The molecule has 3 atom stereocenters. The van der Waals surface area contributed by atoms with Gasteiger partial charge in [-0.3, -0.25) is 4.98 Å². The molecule has 0 spiro atoms. The Morgan fingerprint density at radius 2 is 2.21 bits per heavy atom. The summed E-state index contributed by atoms with van der Waals surface area (Å²) in [7, 11) is 0. The van der Waals surface area contributed by atoms with Gasteiger partial charge >= 0.3 is 6.09 Å². The third kappa shape index (κ3) is 4.10. The van der Waals surface area contributed by atoms with E-state index in [-0.39, 0.29) is 6.42 Å². The van der Waals surface area contributed by atoms with Crippen LogP contribution in [0.5, 0.6) is 0 Å². The van der Waals surface area contributed by atoms with E-state index >= 15 is 0 Å². The highest BCUT2D eigenvalue weighted by molar-refractivity contribution is 6.00. The van der Waals surface area contributed by atoms with Gasteiger partial charge in [-0.1, -0.05) is 0 Å². The first kappa shape index (κ1) is 18.4. The van der Waals surface area contributed by atoms with E-state index in [1.807, 2.05) is 0 Å². The second kappa shape index (κ2) is 6.49. The molecular weight excluding hydrogens is 310 g/mol. The maximum atomic E-state index is 12.0. The fraction of sp³-hybridized carbons (Fsp3) is 0.588. The Morgan fingerprint density at radius 1 is 1.54 bits per heavy atom. The average Bonchev–Trinajstić information content (AvgIpc) is 2.42. The Bertz CT molecular complexity index is 649. The molecule has 1 aliphatic heterocycles. The first-order valence-electron chi connectivity index (χ1n) is 7.89. The van der Waals surface area contributed by atoms with Gasteiger partial charge in [0.2, 0.25) is 0 Å². The van der Waals surface area contributed by atoms with Crippen molar-refractivity contribution in [2.75, 3.05) is 5.73 Å². The molecule has 0 aromatic carbocycles. The average molecular weight is 335 g/mol. The number of hydrogen-bond acceptors (Lipinski definition) is 6. The van der Waals surface area contributed by atoms with E-state index in [1.165, 1.54) is 0 Å². The molecule has 2 rings (SSSR count). The highest BCUT2D eigenvalue weighted by atomic mass is 16.6. The van der Waals surface area contributed by atoms with E-state index in [0.717, 1.165) is 5.56 Å². The van der Waals surface area contributed by atoms with Crippen LogP contribution in [0.3, 0.4) is 0 Å². The van der Waals surface area contributed by atoms with Crippen LogP contribution >= 0.6 is 0 Å². The van der Waals surface area contributed by atoms with E-state index in [4.69, 9.17) is 15.2 Å². The van der Waals surface area contributed by atoms with Gasteiger partial charge in [0.15, 0.2) is 0 Å². The molecule has 0 unspecified atom stereocenters. The van der Waals surface area contributed by atoms with Crippen LogP contribution in [-0.4, -0.2) is 39.2 Å². The zero-order valence-electron chi connectivity index (χ0n) is 14.7. The van der Waals surface area contributed by atoms with Crippen LogP contribution in [0.4, 0.5) is 10.5 Å². The molecule has 7 heteroatoms. The summed E-state index contributed by atoms with van der Waals surface area (Å²) in [5.74, 6) is 0. The number of nitrogens with zero attached hydrogens (tertiary/aromatic N) is 2. The number of amides is 1. The summed E-state index contributed by atoms with van der Waals surface area (Å²) >= 11 is 0. The molecular formula is C17H25N3O4. The van der Waals surface area contributed by atoms with Crippen molar-refractivity contribution in [3.05, 3.63) is 24.0 Å². The normalized spacial score (nSPS) is 29.5. The van der Waals surface area contributed by atoms with Crippen molar-refractivity contribution in [1.29, 1.82) is 0 Å². The lowest BCUT2D eigenvalue weighted by Gasteiger charge is -2.40. The highest BCUT2D eigenvalue weighted by Crippen LogP contribution is 2.37. The number of aromatic nitrogens is 1. The quantitative estimate of drug-likeness (QED) is 0.817. The van der Waals surface area contributed by atoms with Crippen molar-refractivity contribution >= 4 is 17.5 Å². The van der Waals surface area contributed by atoms with E-state index in [1.54, 1.807) is 53.1 Å². The number of carbonyl (C=O) groups is 1. The molecule has 0 bridgehead atoms. The van der Waals surface area contributed by atoms with Crippen molar-refractivity contribution in [1.82, 2.24) is 4.98 Å². The van der Waals surface area contributed by atoms with E-state index < -0.39 is 29.5 Å². The van der Waals surface area contributed by atoms with Gasteiger partial charge in [0.25, 0.3) is 0 Å². The number of hydrogen-bond donors (Lipinski definition) is 2.